The van der Waals surface area contributed by atoms with Crippen LogP contribution < -0.4 is 5.32 Å². The van der Waals surface area contributed by atoms with Crippen LogP contribution >= 0.6 is 11.8 Å². The first-order chi connectivity index (χ1) is 7.16. The van der Waals surface area contributed by atoms with Crippen LogP contribution in [0.4, 0.5) is 4.39 Å². The molecule has 1 N–H and O–H groups in total. The molecule has 1 fully saturated rings. The van der Waals surface area contributed by atoms with E-state index in [9.17, 15) is 4.39 Å². The second-order valence-corrected chi connectivity index (χ2v) is 5.62. The van der Waals surface area contributed by atoms with Crippen LogP contribution in [0.15, 0.2) is 18.2 Å². The van der Waals surface area contributed by atoms with Crippen molar-refractivity contribution in [1.82, 2.24) is 5.32 Å². The molecule has 1 aromatic rings. The summed E-state index contributed by atoms with van der Waals surface area (Å²) in [6.07, 6.45) is 1.19. The van der Waals surface area contributed by atoms with Crippen LogP contribution in [0.5, 0.6) is 0 Å². The zero-order chi connectivity index (χ0) is 10.8. The van der Waals surface area contributed by atoms with E-state index < -0.39 is 0 Å². The molecular formula is C12H16FNS. The second-order valence-electron chi connectivity index (χ2n) is 4.07. The first kappa shape index (κ1) is 11.0. The zero-order valence-electron chi connectivity index (χ0n) is 9.09. The number of nitrogens with one attached hydrogen (secondary N) is 1. The van der Waals surface area contributed by atoms with Crippen LogP contribution in [0.2, 0.25) is 0 Å². The van der Waals surface area contributed by atoms with Crippen molar-refractivity contribution in [3.05, 3.63) is 35.1 Å². The molecule has 0 aliphatic carbocycles. The lowest BCUT2D eigenvalue weighted by Gasteiger charge is -2.29. The van der Waals surface area contributed by atoms with Gasteiger partial charge in [-0.05, 0) is 43.1 Å². The normalized spacial score (nSPS) is 26.6. The van der Waals surface area contributed by atoms with Gasteiger partial charge in [0, 0.05) is 5.25 Å². The fourth-order valence-corrected chi connectivity index (χ4v) is 3.18. The summed E-state index contributed by atoms with van der Waals surface area (Å²) < 4.78 is 13.2. The average Bonchev–Trinajstić information content (AvgIpc) is 2.22. The molecule has 0 bridgehead atoms. The van der Waals surface area contributed by atoms with Gasteiger partial charge in [0.05, 0.1) is 5.37 Å². The van der Waals surface area contributed by atoms with E-state index in [0.29, 0.717) is 5.25 Å². The van der Waals surface area contributed by atoms with Crippen LogP contribution in [0.3, 0.4) is 0 Å². The summed E-state index contributed by atoms with van der Waals surface area (Å²) in [5.41, 5.74) is 2.25. The van der Waals surface area contributed by atoms with Gasteiger partial charge in [0.25, 0.3) is 0 Å². The topological polar surface area (TPSA) is 12.0 Å². The third-order valence-corrected chi connectivity index (χ3v) is 4.17. The van der Waals surface area contributed by atoms with Gasteiger partial charge in [-0.1, -0.05) is 13.0 Å². The number of halogens is 1. The Balaban J connectivity index is 2.24. The highest BCUT2D eigenvalue weighted by Gasteiger charge is 2.21. The van der Waals surface area contributed by atoms with Crippen LogP contribution in [0, 0.1) is 12.7 Å². The Hall–Kier alpha value is -0.540. The first-order valence-corrected chi connectivity index (χ1v) is 6.26. The van der Waals surface area contributed by atoms with Gasteiger partial charge in [-0.2, -0.15) is 0 Å². The van der Waals surface area contributed by atoms with Crippen LogP contribution in [0.1, 0.15) is 29.8 Å². The van der Waals surface area contributed by atoms with E-state index in [1.54, 1.807) is 6.07 Å². The maximum absolute atomic E-state index is 13.2. The lowest BCUT2D eigenvalue weighted by molar-refractivity contribution is 0.592. The predicted octanol–water partition coefficient (Wildman–Crippen LogP) is 3.25. The summed E-state index contributed by atoms with van der Waals surface area (Å²) in [5.74, 6) is -0.142. The van der Waals surface area contributed by atoms with Crippen LogP contribution in [-0.2, 0) is 0 Å². The average molecular weight is 225 g/mol. The van der Waals surface area contributed by atoms with Crippen molar-refractivity contribution >= 4 is 11.8 Å². The van der Waals surface area contributed by atoms with E-state index in [0.717, 1.165) is 17.7 Å². The fourth-order valence-electron chi connectivity index (χ4n) is 1.84. The lowest BCUT2D eigenvalue weighted by atomic mass is 10.1. The van der Waals surface area contributed by atoms with E-state index in [1.807, 2.05) is 24.8 Å². The highest BCUT2D eigenvalue weighted by molar-refractivity contribution is 8.00. The molecule has 3 heteroatoms. The van der Waals surface area contributed by atoms with E-state index in [-0.39, 0.29) is 11.2 Å². The largest absolute Gasteiger partial charge is 0.302 e. The molecule has 2 rings (SSSR count). The van der Waals surface area contributed by atoms with Gasteiger partial charge in [-0.15, -0.1) is 11.8 Å². The van der Waals surface area contributed by atoms with Crippen molar-refractivity contribution in [2.24, 2.45) is 0 Å². The molecule has 0 aromatic heterocycles. The third-order valence-electron chi connectivity index (χ3n) is 2.77. The van der Waals surface area contributed by atoms with Crippen molar-refractivity contribution in [2.75, 3.05) is 6.54 Å². The molecular weight excluding hydrogens is 209 g/mol. The Morgan fingerprint density at radius 3 is 3.00 bits per heavy atom. The standard InChI is InChI=1S/C12H16FNS/c1-8-3-4-10(13)7-11(8)12-14-6-5-9(2)15-12/h3-4,7,9,12,14H,5-6H2,1-2H3. The number of rotatable bonds is 1. The summed E-state index contributed by atoms with van der Waals surface area (Å²) in [7, 11) is 0. The highest BCUT2D eigenvalue weighted by atomic mass is 32.2. The molecule has 1 aliphatic heterocycles. The minimum atomic E-state index is -0.142. The number of aryl methyl sites for hydroxylation is 1. The first-order valence-electron chi connectivity index (χ1n) is 5.31. The fraction of sp³-hybridized carbons (Fsp3) is 0.500. The number of thioether (sulfide) groups is 1. The van der Waals surface area contributed by atoms with Crippen molar-refractivity contribution in [3.8, 4) is 0 Å². The maximum atomic E-state index is 13.2. The minimum Gasteiger partial charge on any atom is -0.302 e. The number of hydrogen-bond donors (Lipinski definition) is 1. The molecule has 82 valence electrons. The minimum absolute atomic E-state index is 0.142. The zero-order valence-corrected chi connectivity index (χ0v) is 9.90. The van der Waals surface area contributed by atoms with Gasteiger partial charge >= 0.3 is 0 Å². The molecule has 15 heavy (non-hydrogen) atoms. The van der Waals surface area contributed by atoms with Crippen LogP contribution in [0.25, 0.3) is 0 Å². The van der Waals surface area contributed by atoms with E-state index in [4.69, 9.17) is 0 Å². The van der Waals surface area contributed by atoms with Gasteiger partial charge in [-0.3, -0.25) is 0 Å². The monoisotopic (exact) mass is 225 g/mol. The lowest BCUT2D eigenvalue weighted by Crippen LogP contribution is -2.29. The Bertz CT molecular complexity index is 353. The molecule has 0 spiro atoms. The molecule has 1 saturated heterocycles. The summed E-state index contributed by atoms with van der Waals surface area (Å²) in [6.45, 7) is 5.29. The summed E-state index contributed by atoms with van der Waals surface area (Å²) in [6, 6.07) is 5.03. The van der Waals surface area contributed by atoms with Gasteiger partial charge < -0.3 is 5.32 Å². The van der Waals surface area contributed by atoms with Crippen molar-refractivity contribution in [1.29, 1.82) is 0 Å². The number of hydrogen-bond acceptors (Lipinski definition) is 2. The smallest absolute Gasteiger partial charge is 0.123 e. The van der Waals surface area contributed by atoms with Crippen molar-refractivity contribution < 1.29 is 4.39 Å². The predicted molar refractivity (Wildman–Crippen MR) is 63.6 cm³/mol. The highest BCUT2D eigenvalue weighted by Crippen LogP contribution is 2.35. The quantitative estimate of drug-likeness (QED) is 0.787. The molecule has 1 nitrogen and oxygen atoms in total. The Morgan fingerprint density at radius 2 is 2.27 bits per heavy atom. The van der Waals surface area contributed by atoms with E-state index >= 15 is 0 Å². The maximum Gasteiger partial charge on any atom is 0.123 e. The van der Waals surface area contributed by atoms with Gasteiger partial charge in [-0.25, -0.2) is 4.39 Å². The van der Waals surface area contributed by atoms with Gasteiger partial charge in [0.15, 0.2) is 0 Å². The van der Waals surface area contributed by atoms with Crippen molar-refractivity contribution in [2.45, 2.75) is 30.9 Å². The molecule has 2 unspecified atom stereocenters. The molecule has 2 atom stereocenters. The summed E-state index contributed by atoms with van der Waals surface area (Å²) >= 11 is 1.88. The number of benzene rings is 1. The molecule has 1 aliphatic rings. The molecule has 1 aromatic carbocycles. The van der Waals surface area contributed by atoms with Crippen LogP contribution in [-0.4, -0.2) is 11.8 Å². The van der Waals surface area contributed by atoms with E-state index in [2.05, 4.69) is 12.2 Å². The second kappa shape index (κ2) is 4.54. The molecule has 0 amide bonds. The van der Waals surface area contributed by atoms with E-state index in [1.165, 1.54) is 12.5 Å². The SMILES string of the molecule is Cc1ccc(F)cc1C1NCCC(C)S1. The Kier molecular flexibility index (Phi) is 3.32. The summed E-state index contributed by atoms with van der Waals surface area (Å²) in [4.78, 5) is 0. The Labute approximate surface area is 94.5 Å². The molecule has 0 radical (unpaired) electrons. The summed E-state index contributed by atoms with van der Waals surface area (Å²) in [5, 5.41) is 4.34. The molecule has 0 saturated carbocycles. The van der Waals surface area contributed by atoms with Gasteiger partial charge in [0.1, 0.15) is 5.82 Å². The Morgan fingerprint density at radius 1 is 1.47 bits per heavy atom. The van der Waals surface area contributed by atoms with Gasteiger partial charge in [0.2, 0.25) is 0 Å². The third kappa shape index (κ3) is 2.52. The van der Waals surface area contributed by atoms with Crippen molar-refractivity contribution in [3.63, 3.8) is 0 Å². The molecule has 1 heterocycles.